The van der Waals surface area contributed by atoms with Crippen molar-refractivity contribution in [3.63, 3.8) is 0 Å². The second-order valence-corrected chi connectivity index (χ2v) is 5.62. The Bertz CT molecular complexity index is 654. The van der Waals surface area contributed by atoms with Crippen molar-refractivity contribution in [3.8, 4) is 17.6 Å². The van der Waals surface area contributed by atoms with E-state index < -0.39 is 0 Å². The fourth-order valence-corrected chi connectivity index (χ4v) is 2.48. The summed E-state index contributed by atoms with van der Waals surface area (Å²) in [5, 5.41) is 8.93. The highest BCUT2D eigenvalue weighted by molar-refractivity contribution is 9.10. The average molecular weight is 346 g/mol. The van der Waals surface area contributed by atoms with Crippen LogP contribution in [-0.4, -0.2) is 13.2 Å². The second-order valence-electron chi connectivity index (χ2n) is 4.71. The Kier molecular flexibility index (Phi) is 5.24. The van der Waals surface area contributed by atoms with Gasteiger partial charge in [-0.3, -0.25) is 0 Å². The lowest BCUT2D eigenvalue weighted by molar-refractivity contribution is 0.215. The number of rotatable bonds is 5. The molecular formula is C17H16BrNO2. The molecule has 0 aromatic heterocycles. The maximum Gasteiger partial charge on any atom is 0.125 e. The zero-order valence-corrected chi connectivity index (χ0v) is 13.6. The molecule has 108 valence electrons. The summed E-state index contributed by atoms with van der Waals surface area (Å²) >= 11 is 3.40. The summed E-state index contributed by atoms with van der Waals surface area (Å²) in [5.74, 6) is 1.63. The van der Waals surface area contributed by atoms with Crippen molar-refractivity contribution < 1.29 is 9.47 Å². The van der Waals surface area contributed by atoms with Gasteiger partial charge in [0.1, 0.15) is 24.7 Å². The molecule has 0 aliphatic heterocycles. The minimum atomic E-state index is 0.458. The van der Waals surface area contributed by atoms with Crippen LogP contribution in [0.15, 0.2) is 40.9 Å². The quantitative estimate of drug-likeness (QED) is 0.754. The summed E-state index contributed by atoms with van der Waals surface area (Å²) in [6.45, 7) is 4.81. The SMILES string of the molecule is Cc1cc(C#N)cc(C)c1OCCOc1cccc(Br)c1. The molecule has 0 saturated heterocycles. The van der Waals surface area contributed by atoms with E-state index in [0.717, 1.165) is 27.1 Å². The molecule has 0 radical (unpaired) electrons. The van der Waals surface area contributed by atoms with Gasteiger partial charge in [-0.1, -0.05) is 22.0 Å². The number of hydrogen-bond donors (Lipinski definition) is 0. The maximum absolute atomic E-state index is 8.93. The number of aryl methyl sites for hydroxylation is 2. The van der Waals surface area contributed by atoms with Crippen LogP contribution in [0.3, 0.4) is 0 Å². The zero-order chi connectivity index (χ0) is 15.2. The topological polar surface area (TPSA) is 42.2 Å². The average Bonchev–Trinajstić information content (AvgIpc) is 2.45. The lowest BCUT2D eigenvalue weighted by Gasteiger charge is -2.13. The molecule has 21 heavy (non-hydrogen) atoms. The third kappa shape index (κ3) is 4.24. The van der Waals surface area contributed by atoms with Crippen molar-refractivity contribution in [2.45, 2.75) is 13.8 Å². The first-order valence-corrected chi connectivity index (χ1v) is 7.42. The summed E-state index contributed by atoms with van der Waals surface area (Å²) in [7, 11) is 0. The van der Waals surface area contributed by atoms with Crippen molar-refractivity contribution in [1.82, 2.24) is 0 Å². The Hall–Kier alpha value is -1.99. The summed E-state index contributed by atoms with van der Waals surface area (Å²) in [4.78, 5) is 0. The molecule has 0 atom stereocenters. The predicted octanol–water partition coefficient (Wildman–Crippen LogP) is 4.40. The van der Waals surface area contributed by atoms with Gasteiger partial charge < -0.3 is 9.47 Å². The van der Waals surface area contributed by atoms with Gasteiger partial charge in [0.05, 0.1) is 11.6 Å². The number of hydrogen-bond acceptors (Lipinski definition) is 3. The maximum atomic E-state index is 8.93. The van der Waals surface area contributed by atoms with Gasteiger partial charge in [0, 0.05) is 4.47 Å². The largest absolute Gasteiger partial charge is 0.490 e. The zero-order valence-electron chi connectivity index (χ0n) is 12.0. The minimum absolute atomic E-state index is 0.458. The van der Waals surface area contributed by atoms with Crippen LogP contribution in [0.4, 0.5) is 0 Å². The molecule has 2 aromatic carbocycles. The van der Waals surface area contributed by atoms with Crippen LogP contribution in [0.1, 0.15) is 16.7 Å². The summed E-state index contributed by atoms with van der Waals surface area (Å²) < 4.78 is 12.4. The monoisotopic (exact) mass is 345 g/mol. The third-order valence-corrected chi connectivity index (χ3v) is 3.48. The standard InChI is InChI=1S/C17H16BrNO2/c1-12-8-14(11-19)9-13(2)17(12)21-7-6-20-16-5-3-4-15(18)10-16/h3-5,8-10H,6-7H2,1-2H3. The molecule has 0 N–H and O–H groups in total. The van der Waals surface area contributed by atoms with Crippen molar-refractivity contribution in [2.24, 2.45) is 0 Å². The molecule has 0 aliphatic carbocycles. The van der Waals surface area contributed by atoms with Gasteiger partial charge in [-0.05, 0) is 55.3 Å². The summed E-state index contributed by atoms with van der Waals surface area (Å²) in [5.41, 5.74) is 2.59. The molecule has 0 amide bonds. The van der Waals surface area contributed by atoms with Gasteiger partial charge >= 0.3 is 0 Å². The van der Waals surface area contributed by atoms with Gasteiger partial charge in [0.2, 0.25) is 0 Å². The number of nitriles is 1. The van der Waals surface area contributed by atoms with Crippen LogP contribution in [0.2, 0.25) is 0 Å². The molecule has 0 fully saturated rings. The first-order chi connectivity index (χ1) is 10.1. The van der Waals surface area contributed by atoms with Gasteiger partial charge in [-0.2, -0.15) is 5.26 Å². The third-order valence-electron chi connectivity index (χ3n) is 2.98. The van der Waals surface area contributed by atoms with Crippen molar-refractivity contribution >= 4 is 15.9 Å². The molecule has 3 nitrogen and oxygen atoms in total. The van der Waals surface area contributed by atoms with Crippen molar-refractivity contribution in [2.75, 3.05) is 13.2 Å². The summed E-state index contributed by atoms with van der Waals surface area (Å²) in [6, 6.07) is 13.5. The number of halogens is 1. The number of ether oxygens (including phenoxy) is 2. The molecule has 0 unspecified atom stereocenters. The highest BCUT2D eigenvalue weighted by atomic mass is 79.9. The fourth-order valence-electron chi connectivity index (χ4n) is 2.10. The molecule has 0 aliphatic rings. The van der Waals surface area contributed by atoms with E-state index in [1.165, 1.54) is 0 Å². The lowest BCUT2D eigenvalue weighted by atomic mass is 10.1. The van der Waals surface area contributed by atoms with E-state index in [1.807, 2.05) is 50.2 Å². The first-order valence-electron chi connectivity index (χ1n) is 6.62. The Morgan fingerprint density at radius 2 is 1.71 bits per heavy atom. The highest BCUT2D eigenvalue weighted by Gasteiger charge is 2.06. The molecular weight excluding hydrogens is 330 g/mol. The molecule has 2 aromatic rings. The van der Waals surface area contributed by atoms with E-state index in [4.69, 9.17) is 14.7 Å². The fraction of sp³-hybridized carbons (Fsp3) is 0.235. The van der Waals surface area contributed by atoms with Crippen LogP contribution in [-0.2, 0) is 0 Å². The van der Waals surface area contributed by atoms with E-state index >= 15 is 0 Å². The van der Waals surface area contributed by atoms with Gasteiger partial charge in [0.25, 0.3) is 0 Å². The van der Waals surface area contributed by atoms with E-state index in [0.29, 0.717) is 18.8 Å². The van der Waals surface area contributed by atoms with E-state index in [-0.39, 0.29) is 0 Å². The molecule has 2 rings (SSSR count). The van der Waals surface area contributed by atoms with Crippen LogP contribution in [0.5, 0.6) is 11.5 Å². The van der Waals surface area contributed by atoms with Crippen LogP contribution >= 0.6 is 15.9 Å². The van der Waals surface area contributed by atoms with E-state index in [9.17, 15) is 0 Å². The van der Waals surface area contributed by atoms with Crippen LogP contribution in [0, 0.1) is 25.2 Å². The highest BCUT2D eigenvalue weighted by Crippen LogP contribution is 2.24. The van der Waals surface area contributed by atoms with Gasteiger partial charge in [-0.15, -0.1) is 0 Å². The van der Waals surface area contributed by atoms with Crippen molar-refractivity contribution in [3.05, 3.63) is 57.6 Å². The molecule has 0 heterocycles. The van der Waals surface area contributed by atoms with Gasteiger partial charge in [-0.25, -0.2) is 0 Å². The normalized spacial score (nSPS) is 10.0. The van der Waals surface area contributed by atoms with Gasteiger partial charge in [0.15, 0.2) is 0 Å². The minimum Gasteiger partial charge on any atom is -0.490 e. The second kappa shape index (κ2) is 7.14. The summed E-state index contributed by atoms with van der Waals surface area (Å²) in [6.07, 6.45) is 0. The lowest BCUT2D eigenvalue weighted by Crippen LogP contribution is -2.10. The Labute approximate surface area is 133 Å². The Balaban J connectivity index is 1.91. The number of nitrogens with zero attached hydrogens (tertiary/aromatic N) is 1. The molecule has 0 bridgehead atoms. The number of benzene rings is 2. The molecule has 4 heteroatoms. The first kappa shape index (κ1) is 15.4. The Morgan fingerprint density at radius 1 is 1.05 bits per heavy atom. The predicted molar refractivity (Wildman–Crippen MR) is 85.8 cm³/mol. The molecule has 0 spiro atoms. The smallest absolute Gasteiger partial charge is 0.125 e. The van der Waals surface area contributed by atoms with E-state index in [2.05, 4.69) is 22.0 Å². The Morgan fingerprint density at radius 3 is 2.33 bits per heavy atom. The van der Waals surface area contributed by atoms with Crippen molar-refractivity contribution in [1.29, 1.82) is 5.26 Å². The van der Waals surface area contributed by atoms with E-state index in [1.54, 1.807) is 0 Å². The van der Waals surface area contributed by atoms with Crippen LogP contribution < -0.4 is 9.47 Å². The van der Waals surface area contributed by atoms with Crippen LogP contribution in [0.25, 0.3) is 0 Å². The molecule has 0 saturated carbocycles.